The molecule has 10 heteroatoms. The van der Waals surface area contributed by atoms with Crippen LogP contribution in [0.5, 0.6) is 0 Å². The Hall–Kier alpha value is -3.76. The summed E-state index contributed by atoms with van der Waals surface area (Å²) in [5, 5.41) is 4.05. The Kier molecular flexibility index (Phi) is 6.23. The van der Waals surface area contributed by atoms with Crippen molar-refractivity contribution in [3.8, 4) is 5.69 Å². The van der Waals surface area contributed by atoms with Gasteiger partial charge in [0.15, 0.2) is 5.11 Å². The summed E-state index contributed by atoms with van der Waals surface area (Å²) in [6.07, 6.45) is 6.52. The third-order valence-corrected chi connectivity index (χ3v) is 7.10. The molecule has 4 aromatic rings. The average molecular weight is 519 g/mol. The number of rotatable bonds is 6. The van der Waals surface area contributed by atoms with Crippen LogP contribution in [0.1, 0.15) is 34.7 Å². The lowest BCUT2D eigenvalue weighted by Crippen LogP contribution is -2.30. The number of pyridine rings is 2. The van der Waals surface area contributed by atoms with Crippen LogP contribution < -0.4 is 14.9 Å². The van der Waals surface area contributed by atoms with Crippen LogP contribution in [-0.4, -0.2) is 34.3 Å². The normalized spacial score (nSPS) is 17.8. The zero-order chi connectivity index (χ0) is 25.4. The first-order valence-electron chi connectivity index (χ1n) is 11.4. The molecular formula is C26H26N6O2S2. The Balaban J connectivity index is 1.66. The summed E-state index contributed by atoms with van der Waals surface area (Å²) in [4.78, 5) is 11.0. The SMILES string of the molecule is Cc1cc(N2C(=S)N[C@H](c3ccccn3)[C@H]2c2ccc(C)n2-c2cccnc2)ccc1NS(C)(=O)=O. The van der Waals surface area contributed by atoms with Gasteiger partial charge in [0.1, 0.15) is 6.04 Å². The maximum Gasteiger partial charge on any atom is 0.229 e. The largest absolute Gasteiger partial charge is 0.351 e. The fourth-order valence-corrected chi connectivity index (χ4v) is 5.65. The molecule has 2 N–H and O–H groups in total. The van der Waals surface area contributed by atoms with Gasteiger partial charge in [-0.3, -0.25) is 14.7 Å². The summed E-state index contributed by atoms with van der Waals surface area (Å²) in [6, 6.07) is 19.1. The predicted octanol–water partition coefficient (Wildman–Crippen LogP) is 4.43. The van der Waals surface area contributed by atoms with E-state index in [1.54, 1.807) is 18.5 Å². The molecule has 2 atom stereocenters. The van der Waals surface area contributed by atoms with Crippen LogP contribution >= 0.6 is 12.2 Å². The van der Waals surface area contributed by atoms with Crippen LogP contribution in [0.2, 0.25) is 0 Å². The zero-order valence-corrected chi connectivity index (χ0v) is 21.7. The molecule has 0 bridgehead atoms. The van der Waals surface area contributed by atoms with Crippen LogP contribution in [0.25, 0.3) is 5.69 Å². The van der Waals surface area contributed by atoms with Gasteiger partial charge in [-0.05, 0) is 86.2 Å². The van der Waals surface area contributed by atoms with E-state index in [9.17, 15) is 8.42 Å². The van der Waals surface area contributed by atoms with Gasteiger partial charge < -0.3 is 14.8 Å². The Morgan fingerprint density at radius 2 is 1.83 bits per heavy atom. The molecule has 1 aromatic carbocycles. The Bertz CT molecular complexity index is 1520. The molecule has 184 valence electrons. The summed E-state index contributed by atoms with van der Waals surface area (Å²) < 4.78 is 28.3. The highest BCUT2D eigenvalue weighted by Crippen LogP contribution is 2.43. The number of benzene rings is 1. The third-order valence-electron chi connectivity index (χ3n) is 6.19. The second-order valence-electron chi connectivity index (χ2n) is 8.82. The lowest BCUT2D eigenvalue weighted by Gasteiger charge is -2.29. The predicted molar refractivity (Wildman–Crippen MR) is 146 cm³/mol. The van der Waals surface area contributed by atoms with Crippen LogP contribution in [0.3, 0.4) is 0 Å². The molecule has 0 unspecified atom stereocenters. The quantitative estimate of drug-likeness (QED) is 0.365. The number of anilines is 2. The van der Waals surface area contributed by atoms with E-state index in [1.807, 2.05) is 55.6 Å². The van der Waals surface area contributed by atoms with Gasteiger partial charge in [0, 0.05) is 29.5 Å². The Labute approximate surface area is 216 Å². The van der Waals surface area contributed by atoms with Gasteiger partial charge in [0.05, 0.1) is 35.6 Å². The first kappa shape index (κ1) is 24.0. The van der Waals surface area contributed by atoms with Crippen molar-refractivity contribution in [2.45, 2.75) is 25.9 Å². The van der Waals surface area contributed by atoms with Crippen molar-refractivity contribution in [1.29, 1.82) is 0 Å². The van der Waals surface area contributed by atoms with Crippen LogP contribution in [0.4, 0.5) is 11.4 Å². The van der Waals surface area contributed by atoms with Gasteiger partial charge in [0.25, 0.3) is 0 Å². The number of hydrogen-bond donors (Lipinski definition) is 2. The number of nitrogens with zero attached hydrogens (tertiary/aromatic N) is 4. The van der Waals surface area contributed by atoms with Crippen molar-refractivity contribution < 1.29 is 8.42 Å². The highest BCUT2D eigenvalue weighted by atomic mass is 32.2. The number of sulfonamides is 1. The van der Waals surface area contributed by atoms with Crippen molar-refractivity contribution in [2.24, 2.45) is 0 Å². The summed E-state index contributed by atoms with van der Waals surface area (Å²) in [7, 11) is -3.39. The number of thiocarbonyl (C=S) groups is 1. The molecule has 0 aliphatic carbocycles. The molecule has 1 aliphatic rings. The van der Waals surface area contributed by atoms with E-state index in [0.29, 0.717) is 10.8 Å². The van der Waals surface area contributed by atoms with Crippen LogP contribution in [0.15, 0.2) is 79.3 Å². The molecule has 1 fully saturated rings. The minimum atomic E-state index is -3.39. The summed E-state index contributed by atoms with van der Waals surface area (Å²) >= 11 is 5.86. The van der Waals surface area contributed by atoms with Crippen molar-refractivity contribution in [1.82, 2.24) is 19.9 Å². The second kappa shape index (κ2) is 9.36. The molecule has 3 aromatic heterocycles. The van der Waals surface area contributed by atoms with Gasteiger partial charge >= 0.3 is 0 Å². The fraction of sp³-hybridized carbons (Fsp3) is 0.192. The van der Waals surface area contributed by atoms with E-state index in [4.69, 9.17) is 12.2 Å². The zero-order valence-electron chi connectivity index (χ0n) is 20.1. The lowest BCUT2D eigenvalue weighted by atomic mass is 10.0. The number of aryl methyl sites for hydroxylation is 2. The molecule has 4 heterocycles. The van der Waals surface area contributed by atoms with Crippen LogP contribution in [-0.2, 0) is 10.0 Å². The van der Waals surface area contributed by atoms with E-state index in [1.165, 1.54) is 0 Å². The Morgan fingerprint density at radius 1 is 1.00 bits per heavy atom. The topological polar surface area (TPSA) is 92.2 Å². The molecule has 1 saturated heterocycles. The molecule has 36 heavy (non-hydrogen) atoms. The smallest absolute Gasteiger partial charge is 0.229 e. The molecule has 1 aliphatic heterocycles. The second-order valence-corrected chi connectivity index (χ2v) is 11.0. The summed E-state index contributed by atoms with van der Waals surface area (Å²) in [5.74, 6) is 0. The first-order valence-corrected chi connectivity index (χ1v) is 13.7. The number of aromatic nitrogens is 3. The van der Waals surface area contributed by atoms with Crippen LogP contribution in [0, 0.1) is 13.8 Å². The van der Waals surface area contributed by atoms with E-state index in [0.717, 1.165) is 40.3 Å². The minimum absolute atomic E-state index is 0.211. The highest BCUT2D eigenvalue weighted by molar-refractivity contribution is 7.92. The van der Waals surface area contributed by atoms with Crippen molar-refractivity contribution in [3.63, 3.8) is 0 Å². The number of hydrogen-bond acceptors (Lipinski definition) is 5. The van der Waals surface area contributed by atoms with Gasteiger partial charge in [-0.15, -0.1) is 0 Å². The molecule has 0 spiro atoms. The standard InChI is InChI=1S/C26H26N6O2S2/c1-17-15-19(10-11-21(17)30-36(3,33)34)32-25(24(29-26(32)35)22-8-4-5-14-28-22)23-12-9-18(2)31(23)20-7-6-13-27-16-20/h4-16,24-25,30H,1-3H3,(H,29,35)/t24-,25-/m1/s1. The average Bonchev–Trinajstić information content (AvgIpc) is 3.40. The number of nitrogens with one attached hydrogen (secondary N) is 2. The van der Waals surface area contributed by atoms with Crippen molar-refractivity contribution in [3.05, 3.63) is 102 Å². The fourth-order valence-electron chi connectivity index (χ4n) is 4.67. The van der Waals surface area contributed by atoms with Gasteiger partial charge in [-0.1, -0.05) is 6.07 Å². The summed E-state index contributed by atoms with van der Waals surface area (Å²) in [6.45, 7) is 3.93. The van der Waals surface area contributed by atoms with E-state index >= 15 is 0 Å². The van der Waals surface area contributed by atoms with E-state index < -0.39 is 10.0 Å². The minimum Gasteiger partial charge on any atom is -0.351 e. The monoisotopic (exact) mass is 518 g/mol. The van der Waals surface area contributed by atoms with E-state index in [-0.39, 0.29) is 12.1 Å². The molecule has 5 rings (SSSR count). The van der Waals surface area contributed by atoms with Gasteiger partial charge in [-0.25, -0.2) is 8.42 Å². The first-order chi connectivity index (χ1) is 17.2. The summed E-state index contributed by atoms with van der Waals surface area (Å²) in [5.41, 5.74) is 6.10. The molecule has 0 amide bonds. The van der Waals surface area contributed by atoms with Gasteiger partial charge in [-0.2, -0.15) is 0 Å². The highest BCUT2D eigenvalue weighted by Gasteiger charge is 2.42. The molecule has 0 radical (unpaired) electrons. The maximum absolute atomic E-state index is 11.8. The Morgan fingerprint density at radius 3 is 2.50 bits per heavy atom. The third kappa shape index (κ3) is 4.57. The molecule has 8 nitrogen and oxygen atoms in total. The molecular weight excluding hydrogens is 492 g/mol. The van der Waals surface area contributed by atoms with Crippen molar-refractivity contribution >= 4 is 38.7 Å². The van der Waals surface area contributed by atoms with Crippen molar-refractivity contribution in [2.75, 3.05) is 15.9 Å². The van der Waals surface area contributed by atoms with Gasteiger partial charge in [0.2, 0.25) is 10.0 Å². The van der Waals surface area contributed by atoms with E-state index in [2.05, 4.69) is 48.5 Å². The maximum atomic E-state index is 11.8. The lowest BCUT2D eigenvalue weighted by molar-refractivity contribution is 0.548. The molecule has 0 saturated carbocycles.